The Labute approximate surface area is 157 Å². The van der Waals surface area contributed by atoms with Crippen LogP contribution in [0.5, 0.6) is 0 Å². The fourth-order valence-electron chi connectivity index (χ4n) is 2.72. The first-order valence-corrected chi connectivity index (χ1v) is 8.47. The van der Waals surface area contributed by atoms with Gasteiger partial charge in [-0.3, -0.25) is 14.9 Å². The van der Waals surface area contributed by atoms with Crippen LogP contribution >= 0.6 is 0 Å². The highest BCUT2D eigenvalue weighted by atomic mass is 16.6. The van der Waals surface area contributed by atoms with Crippen LogP contribution in [0.2, 0.25) is 0 Å². The molecule has 0 radical (unpaired) electrons. The Balaban J connectivity index is 1.88. The van der Waals surface area contributed by atoms with Gasteiger partial charge in [0, 0.05) is 17.8 Å². The molecule has 0 aliphatic rings. The minimum absolute atomic E-state index is 0.0316. The molecule has 0 spiro atoms. The summed E-state index contributed by atoms with van der Waals surface area (Å²) >= 11 is 0. The van der Waals surface area contributed by atoms with Crippen LogP contribution < -0.4 is 4.90 Å². The quantitative estimate of drug-likeness (QED) is 0.360. The van der Waals surface area contributed by atoms with E-state index in [1.54, 1.807) is 23.1 Å². The van der Waals surface area contributed by atoms with Crippen LogP contribution in [0.25, 0.3) is 6.08 Å². The number of nitro benzene ring substituents is 1. The van der Waals surface area contributed by atoms with Gasteiger partial charge in [-0.2, -0.15) is 0 Å². The van der Waals surface area contributed by atoms with Crippen molar-refractivity contribution in [2.45, 2.75) is 6.54 Å². The number of hydrogen-bond acceptors (Lipinski definition) is 3. The van der Waals surface area contributed by atoms with E-state index in [9.17, 15) is 14.9 Å². The molecule has 0 aliphatic heterocycles. The summed E-state index contributed by atoms with van der Waals surface area (Å²) in [5.41, 5.74) is 2.12. The number of carbonyl (C=O) groups is 1. The van der Waals surface area contributed by atoms with Crippen molar-refractivity contribution in [3.05, 3.63) is 112 Å². The summed E-state index contributed by atoms with van der Waals surface area (Å²) in [5, 5.41) is 11.1. The van der Waals surface area contributed by atoms with Crippen molar-refractivity contribution in [3.8, 4) is 0 Å². The second-order valence-electron chi connectivity index (χ2n) is 5.89. The molecule has 3 aromatic rings. The molecule has 0 heterocycles. The molecule has 1 amide bonds. The minimum Gasteiger partial charge on any atom is -0.304 e. The van der Waals surface area contributed by atoms with Crippen LogP contribution in [0, 0.1) is 10.1 Å². The van der Waals surface area contributed by atoms with Crippen molar-refractivity contribution in [1.29, 1.82) is 0 Å². The van der Waals surface area contributed by atoms with Crippen molar-refractivity contribution >= 4 is 23.4 Å². The first-order valence-electron chi connectivity index (χ1n) is 8.47. The summed E-state index contributed by atoms with van der Waals surface area (Å²) in [4.78, 5) is 25.2. The lowest BCUT2D eigenvalue weighted by Gasteiger charge is -2.21. The molecule has 0 fully saturated rings. The van der Waals surface area contributed by atoms with E-state index in [1.807, 2.05) is 60.7 Å². The fraction of sp³-hybridized carbons (Fsp3) is 0.0455. The number of amides is 1. The van der Waals surface area contributed by atoms with Crippen molar-refractivity contribution in [3.63, 3.8) is 0 Å². The third-order valence-corrected chi connectivity index (χ3v) is 4.06. The lowest BCUT2D eigenvalue weighted by molar-refractivity contribution is -0.385. The van der Waals surface area contributed by atoms with E-state index in [1.165, 1.54) is 18.2 Å². The highest BCUT2D eigenvalue weighted by Crippen LogP contribution is 2.21. The number of rotatable bonds is 6. The van der Waals surface area contributed by atoms with Gasteiger partial charge in [0.25, 0.3) is 11.6 Å². The van der Waals surface area contributed by atoms with Gasteiger partial charge >= 0.3 is 0 Å². The van der Waals surface area contributed by atoms with Gasteiger partial charge in [-0.25, -0.2) is 0 Å². The van der Waals surface area contributed by atoms with E-state index in [0.29, 0.717) is 12.1 Å². The Morgan fingerprint density at radius 1 is 0.889 bits per heavy atom. The molecule has 0 N–H and O–H groups in total. The standard InChI is InChI=1S/C22H18N2O3/c25-22(16-15-19-11-7-8-14-21(19)24(26)27)23(20-12-5-2-6-13-20)17-18-9-3-1-4-10-18/h1-16H,17H2/b16-15+. The number of anilines is 1. The van der Waals surface area contributed by atoms with Crippen molar-refractivity contribution < 1.29 is 9.72 Å². The molecule has 0 atom stereocenters. The summed E-state index contributed by atoms with van der Waals surface area (Å²) in [6, 6.07) is 25.4. The number of benzene rings is 3. The summed E-state index contributed by atoms with van der Waals surface area (Å²) in [6.45, 7) is 0.408. The van der Waals surface area contributed by atoms with Gasteiger partial charge in [0.15, 0.2) is 0 Å². The van der Waals surface area contributed by atoms with Crippen molar-refractivity contribution in [2.24, 2.45) is 0 Å². The number of nitro groups is 1. The number of hydrogen-bond donors (Lipinski definition) is 0. The smallest absolute Gasteiger partial charge is 0.276 e. The molecule has 27 heavy (non-hydrogen) atoms. The Kier molecular flexibility index (Phi) is 5.74. The Hall–Kier alpha value is -3.73. The van der Waals surface area contributed by atoms with Crippen LogP contribution in [0.1, 0.15) is 11.1 Å². The minimum atomic E-state index is -0.455. The highest BCUT2D eigenvalue weighted by molar-refractivity contribution is 6.04. The normalized spacial score (nSPS) is 10.7. The molecule has 3 rings (SSSR count). The molecular formula is C22H18N2O3. The maximum atomic E-state index is 12.9. The largest absolute Gasteiger partial charge is 0.304 e. The molecule has 134 valence electrons. The van der Waals surface area contributed by atoms with Crippen LogP contribution in [0.3, 0.4) is 0 Å². The Bertz CT molecular complexity index is 954. The Morgan fingerprint density at radius 3 is 2.15 bits per heavy atom. The maximum Gasteiger partial charge on any atom is 0.276 e. The average molecular weight is 358 g/mol. The third kappa shape index (κ3) is 4.67. The lowest BCUT2D eigenvalue weighted by atomic mass is 10.1. The van der Waals surface area contributed by atoms with E-state index in [0.717, 1.165) is 11.3 Å². The third-order valence-electron chi connectivity index (χ3n) is 4.06. The molecule has 5 nitrogen and oxygen atoms in total. The molecule has 0 saturated carbocycles. The molecule has 3 aromatic carbocycles. The maximum absolute atomic E-state index is 12.9. The van der Waals surface area contributed by atoms with Crippen molar-refractivity contribution in [2.75, 3.05) is 4.90 Å². The number of carbonyl (C=O) groups excluding carboxylic acids is 1. The van der Waals surface area contributed by atoms with Crippen LogP contribution in [0.15, 0.2) is 91.0 Å². The molecular weight excluding hydrogens is 340 g/mol. The van der Waals surface area contributed by atoms with Gasteiger partial charge < -0.3 is 4.90 Å². The average Bonchev–Trinajstić information content (AvgIpc) is 2.72. The van der Waals surface area contributed by atoms with E-state index in [4.69, 9.17) is 0 Å². The predicted octanol–water partition coefficient (Wildman–Crippen LogP) is 4.84. The fourth-order valence-corrected chi connectivity index (χ4v) is 2.72. The van der Waals surface area contributed by atoms with E-state index < -0.39 is 4.92 Å². The molecule has 0 aliphatic carbocycles. The zero-order chi connectivity index (χ0) is 19.1. The summed E-state index contributed by atoms with van der Waals surface area (Å²) in [7, 11) is 0. The van der Waals surface area contributed by atoms with Crippen LogP contribution in [0.4, 0.5) is 11.4 Å². The first kappa shape index (κ1) is 18.1. The van der Waals surface area contributed by atoms with Gasteiger partial charge in [-0.1, -0.05) is 60.7 Å². The molecule has 5 heteroatoms. The molecule has 0 bridgehead atoms. The highest BCUT2D eigenvalue weighted by Gasteiger charge is 2.15. The molecule has 0 saturated heterocycles. The van der Waals surface area contributed by atoms with Gasteiger partial charge in [0.05, 0.1) is 17.0 Å². The van der Waals surface area contributed by atoms with Crippen molar-refractivity contribution in [1.82, 2.24) is 0 Å². The van der Waals surface area contributed by atoms with E-state index in [2.05, 4.69) is 0 Å². The predicted molar refractivity (Wildman–Crippen MR) is 106 cm³/mol. The van der Waals surface area contributed by atoms with Gasteiger partial charge in [-0.05, 0) is 29.8 Å². The topological polar surface area (TPSA) is 63.4 Å². The number of para-hydroxylation sites is 2. The zero-order valence-electron chi connectivity index (χ0n) is 14.6. The summed E-state index contributed by atoms with van der Waals surface area (Å²) in [5.74, 6) is -0.247. The molecule has 0 aromatic heterocycles. The number of nitrogens with zero attached hydrogens (tertiary/aromatic N) is 2. The van der Waals surface area contributed by atoms with Gasteiger partial charge in [0.2, 0.25) is 0 Å². The lowest BCUT2D eigenvalue weighted by Crippen LogP contribution is -2.28. The summed E-state index contributed by atoms with van der Waals surface area (Å²) in [6.07, 6.45) is 2.86. The zero-order valence-corrected chi connectivity index (χ0v) is 14.6. The first-order chi connectivity index (χ1) is 13.1. The second kappa shape index (κ2) is 8.58. The Morgan fingerprint density at radius 2 is 1.48 bits per heavy atom. The summed E-state index contributed by atoms with van der Waals surface area (Å²) < 4.78 is 0. The second-order valence-corrected chi connectivity index (χ2v) is 5.89. The van der Waals surface area contributed by atoms with Gasteiger partial charge in [0.1, 0.15) is 0 Å². The van der Waals surface area contributed by atoms with E-state index in [-0.39, 0.29) is 11.6 Å². The molecule has 0 unspecified atom stereocenters. The monoisotopic (exact) mass is 358 g/mol. The van der Waals surface area contributed by atoms with Crippen LogP contribution in [-0.4, -0.2) is 10.8 Å². The SMILES string of the molecule is O=C(/C=C/c1ccccc1[N+](=O)[O-])N(Cc1ccccc1)c1ccccc1. The van der Waals surface area contributed by atoms with Gasteiger partial charge in [-0.15, -0.1) is 0 Å². The van der Waals surface area contributed by atoms with E-state index >= 15 is 0 Å². The van der Waals surface area contributed by atoms with Crippen LogP contribution in [-0.2, 0) is 11.3 Å².